The number of aromatic nitrogens is 3. The number of aryl methyl sites for hydroxylation is 1. The molecule has 0 radical (unpaired) electrons. The number of nitrogens with one attached hydrogen (secondary N) is 1. The van der Waals surface area contributed by atoms with Crippen LogP contribution in [0.2, 0.25) is 25.7 Å². The number of rotatable bonds is 15. The predicted molar refractivity (Wildman–Crippen MR) is 165 cm³/mol. The van der Waals surface area contributed by atoms with E-state index >= 15 is 0 Å². The molecular weight excluding hydrogens is 572 g/mol. The normalized spacial score (nSPS) is 12.6. The lowest BCUT2D eigenvalue weighted by Gasteiger charge is -2.28. The van der Waals surface area contributed by atoms with Crippen molar-refractivity contribution in [3.05, 3.63) is 36.1 Å². The van der Waals surface area contributed by atoms with Crippen molar-refractivity contribution in [2.45, 2.75) is 52.0 Å². The highest BCUT2D eigenvalue weighted by molar-refractivity contribution is 7.92. The van der Waals surface area contributed by atoms with E-state index in [9.17, 15) is 8.42 Å². The Morgan fingerprint density at radius 1 is 1.12 bits per heavy atom. The predicted octanol–water partition coefficient (Wildman–Crippen LogP) is 4.08. The molecule has 0 saturated carbocycles. The van der Waals surface area contributed by atoms with Gasteiger partial charge in [0.2, 0.25) is 21.8 Å². The molecule has 40 heavy (non-hydrogen) atoms. The molecule has 2 heterocycles. The van der Waals surface area contributed by atoms with Gasteiger partial charge in [0.05, 0.1) is 20.0 Å². The average molecular weight is 615 g/mol. The lowest BCUT2D eigenvalue weighted by atomic mass is 10.2. The third-order valence-corrected chi connectivity index (χ3v) is 9.77. The van der Waals surface area contributed by atoms with Crippen LogP contribution in [0.4, 0.5) is 5.95 Å². The standard InChI is InChI=1S/C26H42N6O5SSi.ClH/c1-19(13-14-27)28-15-17-38(33,34)31(16-18-39(5,6)7)26-30-29-25(23-12-11-20(2)37-23)32(26)24-21(35-3)9-8-10-22(24)36-4;/h8-12,19,28H,13-18,27H2,1-7H3;1H/t19-;/m1./s1. The van der Waals surface area contributed by atoms with Crippen molar-refractivity contribution in [3.8, 4) is 28.8 Å². The summed E-state index contributed by atoms with van der Waals surface area (Å²) in [7, 11) is -2.36. The van der Waals surface area contributed by atoms with Crippen molar-refractivity contribution in [2.75, 3.05) is 43.9 Å². The van der Waals surface area contributed by atoms with E-state index in [-0.39, 0.29) is 43.2 Å². The number of hydrogen-bond donors (Lipinski definition) is 2. The maximum absolute atomic E-state index is 13.9. The molecule has 0 aliphatic carbocycles. The molecule has 0 spiro atoms. The van der Waals surface area contributed by atoms with Gasteiger partial charge in [-0.25, -0.2) is 12.7 Å². The average Bonchev–Trinajstić information content (AvgIpc) is 3.48. The van der Waals surface area contributed by atoms with Crippen LogP contribution in [0.3, 0.4) is 0 Å². The van der Waals surface area contributed by atoms with Gasteiger partial charge >= 0.3 is 0 Å². The number of nitrogens with zero attached hydrogens (tertiary/aromatic N) is 4. The quantitative estimate of drug-likeness (QED) is 0.243. The van der Waals surface area contributed by atoms with Crippen LogP contribution in [0.1, 0.15) is 19.1 Å². The number of halogens is 1. The van der Waals surface area contributed by atoms with E-state index in [2.05, 4.69) is 35.2 Å². The van der Waals surface area contributed by atoms with E-state index in [0.29, 0.717) is 41.1 Å². The highest BCUT2D eigenvalue weighted by Gasteiger charge is 2.33. The second-order valence-electron chi connectivity index (χ2n) is 10.7. The molecule has 0 aliphatic heterocycles. The Labute approximate surface area is 244 Å². The third-order valence-electron chi connectivity index (χ3n) is 6.31. The zero-order valence-electron chi connectivity index (χ0n) is 24.4. The van der Waals surface area contributed by atoms with Gasteiger partial charge in [0, 0.05) is 27.2 Å². The van der Waals surface area contributed by atoms with Crippen molar-refractivity contribution >= 4 is 36.5 Å². The molecule has 3 rings (SSSR count). The highest BCUT2D eigenvalue weighted by Crippen LogP contribution is 2.39. The van der Waals surface area contributed by atoms with Gasteiger partial charge in [0.15, 0.2) is 5.76 Å². The summed E-state index contributed by atoms with van der Waals surface area (Å²) in [5.74, 6) is 2.45. The first kappa shape index (κ1) is 33.6. The Bertz CT molecular complexity index is 1320. The molecule has 1 atom stereocenters. The van der Waals surface area contributed by atoms with E-state index in [1.165, 1.54) is 4.31 Å². The Kier molecular flexibility index (Phi) is 12.1. The molecule has 1 aromatic carbocycles. The SMILES string of the molecule is COc1cccc(OC)c1-n1c(-c2ccc(C)o2)nnc1N(CC[Si](C)(C)C)S(=O)(=O)CCN[C@H](C)CCN.Cl. The summed E-state index contributed by atoms with van der Waals surface area (Å²) in [6.45, 7) is 11.5. The molecule has 0 unspecified atom stereocenters. The molecule has 3 aromatic rings. The number of anilines is 1. The minimum atomic E-state index is -3.82. The van der Waals surface area contributed by atoms with Crippen molar-refractivity contribution in [3.63, 3.8) is 0 Å². The second kappa shape index (κ2) is 14.4. The molecule has 3 N–H and O–H groups in total. The molecular formula is C26H43ClN6O5SSi. The zero-order chi connectivity index (χ0) is 28.8. The summed E-state index contributed by atoms with van der Waals surface area (Å²) in [5.41, 5.74) is 6.13. The minimum Gasteiger partial charge on any atom is -0.494 e. The van der Waals surface area contributed by atoms with Crippen LogP contribution < -0.4 is 24.8 Å². The van der Waals surface area contributed by atoms with Crippen molar-refractivity contribution in [1.29, 1.82) is 0 Å². The molecule has 14 heteroatoms. The van der Waals surface area contributed by atoms with Gasteiger partial charge < -0.3 is 24.9 Å². The highest BCUT2D eigenvalue weighted by atomic mass is 35.5. The van der Waals surface area contributed by atoms with Crippen LogP contribution in [-0.4, -0.2) is 76.9 Å². The number of ether oxygens (including phenoxy) is 2. The lowest BCUT2D eigenvalue weighted by molar-refractivity contribution is 0.391. The van der Waals surface area contributed by atoms with Crippen LogP contribution in [0.15, 0.2) is 34.7 Å². The molecule has 0 saturated heterocycles. The zero-order valence-corrected chi connectivity index (χ0v) is 27.1. The largest absolute Gasteiger partial charge is 0.494 e. The van der Waals surface area contributed by atoms with Gasteiger partial charge in [0.25, 0.3) is 0 Å². The molecule has 0 bridgehead atoms. The summed E-state index contributed by atoms with van der Waals surface area (Å²) >= 11 is 0. The molecule has 0 aliphatic rings. The van der Waals surface area contributed by atoms with Crippen molar-refractivity contribution in [1.82, 2.24) is 20.1 Å². The first-order valence-corrected chi connectivity index (χ1v) is 18.4. The van der Waals surface area contributed by atoms with Crippen molar-refractivity contribution in [2.24, 2.45) is 5.73 Å². The molecule has 0 fully saturated rings. The van der Waals surface area contributed by atoms with Crippen LogP contribution in [-0.2, 0) is 10.0 Å². The van der Waals surface area contributed by atoms with Crippen LogP contribution >= 0.6 is 12.4 Å². The van der Waals surface area contributed by atoms with Crippen LogP contribution in [0.25, 0.3) is 17.3 Å². The lowest BCUT2D eigenvalue weighted by Crippen LogP contribution is -2.42. The van der Waals surface area contributed by atoms with Gasteiger partial charge in [-0.1, -0.05) is 25.7 Å². The smallest absolute Gasteiger partial charge is 0.246 e. The Morgan fingerprint density at radius 2 is 1.77 bits per heavy atom. The summed E-state index contributed by atoms with van der Waals surface area (Å²) in [5, 5.41) is 12.1. The van der Waals surface area contributed by atoms with E-state index in [4.69, 9.17) is 19.6 Å². The van der Waals surface area contributed by atoms with Gasteiger partial charge in [0.1, 0.15) is 22.9 Å². The number of hydrogen-bond acceptors (Lipinski definition) is 9. The fraction of sp³-hybridized carbons (Fsp3) is 0.538. The number of methoxy groups -OCH3 is 2. The molecule has 11 nitrogen and oxygen atoms in total. The first-order chi connectivity index (χ1) is 18.4. The maximum Gasteiger partial charge on any atom is 0.246 e. The Morgan fingerprint density at radius 3 is 2.30 bits per heavy atom. The van der Waals surface area contributed by atoms with Crippen LogP contribution in [0, 0.1) is 6.92 Å². The molecule has 2 aromatic heterocycles. The van der Waals surface area contributed by atoms with E-state index in [1.54, 1.807) is 43.1 Å². The van der Waals surface area contributed by atoms with Gasteiger partial charge in [-0.3, -0.25) is 4.57 Å². The van der Waals surface area contributed by atoms with E-state index < -0.39 is 18.1 Å². The number of sulfonamides is 1. The van der Waals surface area contributed by atoms with E-state index in [1.807, 2.05) is 19.9 Å². The third kappa shape index (κ3) is 8.23. The summed E-state index contributed by atoms with van der Waals surface area (Å²) < 4.78 is 48.2. The fourth-order valence-corrected chi connectivity index (χ4v) is 6.50. The summed E-state index contributed by atoms with van der Waals surface area (Å²) in [6.07, 6.45) is 0.757. The number of benzene rings is 1. The topological polar surface area (TPSA) is 138 Å². The molecule has 224 valence electrons. The Balaban J connectivity index is 0.00000560. The van der Waals surface area contributed by atoms with Crippen LogP contribution in [0.5, 0.6) is 11.5 Å². The van der Waals surface area contributed by atoms with Crippen molar-refractivity contribution < 1.29 is 22.3 Å². The Hall–Kier alpha value is -2.58. The number of furan rings is 1. The van der Waals surface area contributed by atoms with Gasteiger partial charge in [-0.15, -0.1) is 22.6 Å². The number of para-hydroxylation sites is 1. The summed E-state index contributed by atoms with van der Waals surface area (Å²) in [6, 6.07) is 9.80. The fourth-order valence-electron chi connectivity index (χ4n) is 4.11. The number of nitrogens with two attached hydrogens (primary N) is 1. The monoisotopic (exact) mass is 614 g/mol. The second-order valence-corrected chi connectivity index (χ2v) is 18.3. The van der Waals surface area contributed by atoms with Gasteiger partial charge in [-0.2, -0.15) is 0 Å². The minimum absolute atomic E-state index is 0. The molecule has 0 amide bonds. The summed E-state index contributed by atoms with van der Waals surface area (Å²) in [4.78, 5) is 0. The maximum atomic E-state index is 13.9. The van der Waals surface area contributed by atoms with E-state index in [0.717, 1.165) is 12.5 Å². The first-order valence-electron chi connectivity index (χ1n) is 13.1. The van der Waals surface area contributed by atoms with Gasteiger partial charge in [-0.05, 0) is 57.1 Å².